The molecule has 88 valence electrons. The first-order valence-corrected chi connectivity index (χ1v) is 6.19. The number of hydrogen-bond acceptors (Lipinski definition) is 3. The summed E-state index contributed by atoms with van der Waals surface area (Å²) in [6.07, 6.45) is 3.45. The number of aromatic nitrogens is 2. The number of rotatable bonds is 1. The molecule has 1 aromatic carbocycles. The van der Waals surface area contributed by atoms with Crippen molar-refractivity contribution in [3.63, 3.8) is 0 Å². The Morgan fingerprint density at radius 2 is 1.88 bits per heavy atom. The second kappa shape index (κ2) is 3.39. The minimum Gasteiger partial charge on any atom is -0.489 e. The highest BCUT2D eigenvalue weighted by molar-refractivity contribution is 5.80. The van der Waals surface area contributed by atoms with Crippen LogP contribution in [0.1, 0.15) is 31.0 Å². The summed E-state index contributed by atoms with van der Waals surface area (Å²) in [5, 5.41) is 0. The fourth-order valence-corrected chi connectivity index (χ4v) is 2.24. The van der Waals surface area contributed by atoms with Crippen LogP contribution in [0.15, 0.2) is 12.1 Å². The molecule has 0 spiro atoms. The number of ether oxygens (including phenoxy) is 2. The SMILES string of the molecule is c1c2c(cc3[nH]c(C4CC4)nc13)OCCCO2. The van der Waals surface area contributed by atoms with E-state index in [0.717, 1.165) is 48.0 Å². The molecule has 1 aliphatic carbocycles. The molecular formula is C13H14N2O2. The average Bonchev–Trinajstić information content (AvgIpc) is 3.11. The Hall–Kier alpha value is -1.71. The van der Waals surface area contributed by atoms with Gasteiger partial charge in [0.05, 0.1) is 24.2 Å². The van der Waals surface area contributed by atoms with Crippen LogP contribution < -0.4 is 9.47 Å². The van der Waals surface area contributed by atoms with Gasteiger partial charge in [-0.3, -0.25) is 0 Å². The zero-order valence-corrected chi connectivity index (χ0v) is 9.53. The maximum absolute atomic E-state index is 5.67. The van der Waals surface area contributed by atoms with Crippen molar-refractivity contribution in [3.8, 4) is 11.5 Å². The molecule has 17 heavy (non-hydrogen) atoms. The Kier molecular flexibility index (Phi) is 1.86. The second-order valence-electron chi connectivity index (χ2n) is 4.76. The lowest BCUT2D eigenvalue weighted by atomic mass is 10.3. The molecule has 0 atom stereocenters. The van der Waals surface area contributed by atoms with E-state index in [1.54, 1.807) is 0 Å². The molecule has 4 rings (SSSR count). The van der Waals surface area contributed by atoms with E-state index in [1.165, 1.54) is 12.8 Å². The maximum Gasteiger partial charge on any atom is 0.163 e. The molecule has 1 fully saturated rings. The lowest BCUT2D eigenvalue weighted by Crippen LogP contribution is -1.97. The van der Waals surface area contributed by atoms with Gasteiger partial charge in [0.15, 0.2) is 11.5 Å². The summed E-state index contributed by atoms with van der Waals surface area (Å²) >= 11 is 0. The summed E-state index contributed by atoms with van der Waals surface area (Å²) in [6, 6.07) is 3.99. The summed E-state index contributed by atoms with van der Waals surface area (Å²) in [7, 11) is 0. The highest BCUT2D eigenvalue weighted by Gasteiger charge is 2.27. The first-order chi connectivity index (χ1) is 8.40. The molecule has 0 radical (unpaired) electrons. The second-order valence-corrected chi connectivity index (χ2v) is 4.76. The number of H-pyrrole nitrogens is 1. The number of nitrogens with one attached hydrogen (secondary N) is 1. The van der Waals surface area contributed by atoms with Gasteiger partial charge in [-0.1, -0.05) is 0 Å². The summed E-state index contributed by atoms with van der Waals surface area (Å²) in [4.78, 5) is 8.00. The molecule has 4 nitrogen and oxygen atoms in total. The van der Waals surface area contributed by atoms with Crippen LogP contribution in [-0.2, 0) is 0 Å². The number of nitrogens with zero attached hydrogens (tertiary/aromatic N) is 1. The van der Waals surface area contributed by atoms with Crippen molar-refractivity contribution in [2.75, 3.05) is 13.2 Å². The van der Waals surface area contributed by atoms with E-state index in [4.69, 9.17) is 9.47 Å². The average molecular weight is 230 g/mol. The van der Waals surface area contributed by atoms with E-state index in [2.05, 4.69) is 9.97 Å². The minimum absolute atomic E-state index is 0.643. The van der Waals surface area contributed by atoms with Crippen LogP contribution in [0, 0.1) is 0 Å². The molecule has 4 heteroatoms. The van der Waals surface area contributed by atoms with E-state index in [0.29, 0.717) is 5.92 Å². The summed E-state index contributed by atoms with van der Waals surface area (Å²) in [5.74, 6) is 3.41. The first kappa shape index (κ1) is 9.33. The quantitative estimate of drug-likeness (QED) is 0.819. The monoisotopic (exact) mass is 230 g/mol. The number of benzene rings is 1. The highest BCUT2D eigenvalue weighted by Crippen LogP contribution is 2.40. The largest absolute Gasteiger partial charge is 0.489 e. The predicted octanol–water partition coefficient (Wildman–Crippen LogP) is 2.60. The van der Waals surface area contributed by atoms with Gasteiger partial charge in [-0.2, -0.15) is 0 Å². The third kappa shape index (κ3) is 1.55. The van der Waals surface area contributed by atoms with Gasteiger partial charge in [0.2, 0.25) is 0 Å². The number of fused-ring (bicyclic) bond motifs is 2. The molecule has 0 amide bonds. The topological polar surface area (TPSA) is 47.1 Å². The van der Waals surface area contributed by atoms with Gasteiger partial charge in [-0.05, 0) is 12.8 Å². The molecule has 2 aromatic rings. The van der Waals surface area contributed by atoms with Gasteiger partial charge in [0.25, 0.3) is 0 Å². The highest BCUT2D eigenvalue weighted by atomic mass is 16.5. The number of imidazole rings is 1. The molecule has 1 aromatic heterocycles. The van der Waals surface area contributed by atoms with E-state index in [1.807, 2.05) is 12.1 Å². The van der Waals surface area contributed by atoms with Crippen LogP contribution in [0.5, 0.6) is 11.5 Å². The van der Waals surface area contributed by atoms with E-state index in [9.17, 15) is 0 Å². The van der Waals surface area contributed by atoms with E-state index in [-0.39, 0.29) is 0 Å². The van der Waals surface area contributed by atoms with Crippen LogP contribution >= 0.6 is 0 Å². The van der Waals surface area contributed by atoms with Crippen molar-refractivity contribution in [2.45, 2.75) is 25.2 Å². The molecule has 2 aliphatic rings. The Labute approximate surface area is 98.9 Å². The lowest BCUT2D eigenvalue weighted by molar-refractivity contribution is 0.297. The predicted molar refractivity (Wildman–Crippen MR) is 63.7 cm³/mol. The summed E-state index contributed by atoms with van der Waals surface area (Å²) < 4.78 is 11.3. The third-order valence-corrected chi connectivity index (χ3v) is 3.33. The van der Waals surface area contributed by atoms with Gasteiger partial charge < -0.3 is 14.5 Å². The van der Waals surface area contributed by atoms with E-state index < -0.39 is 0 Å². The molecule has 1 N–H and O–H groups in total. The Morgan fingerprint density at radius 1 is 1.12 bits per heavy atom. The van der Waals surface area contributed by atoms with Crippen LogP contribution in [0.25, 0.3) is 11.0 Å². The smallest absolute Gasteiger partial charge is 0.163 e. The molecule has 0 bridgehead atoms. The number of hydrogen-bond donors (Lipinski definition) is 1. The molecule has 1 aliphatic heterocycles. The van der Waals surface area contributed by atoms with Crippen LogP contribution in [-0.4, -0.2) is 23.2 Å². The van der Waals surface area contributed by atoms with Crippen LogP contribution in [0.4, 0.5) is 0 Å². The first-order valence-electron chi connectivity index (χ1n) is 6.19. The number of aromatic amines is 1. The Balaban J connectivity index is 1.84. The van der Waals surface area contributed by atoms with Crippen LogP contribution in [0.2, 0.25) is 0 Å². The molecule has 2 heterocycles. The zero-order valence-electron chi connectivity index (χ0n) is 9.53. The van der Waals surface area contributed by atoms with Gasteiger partial charge in [-0.25, -0.2) is 4.98 Å². The fraction of sp³-hybridized carbons (Fsp3) is 0.462. The normalized spacial score (nSPS) is 19.3. The van der Waals surface area contributed by atoms with Crippen molar-refractivity contribution < 1.29 is 9.47 Å². The maximum atomic E-state index is 5.67. The van der Waals surface area contributed by atoms with Gasteiger partial charge in [-0.15, -0.1) is 0 Å². The van der Waals surface area contributed by atoms with Crippen LogP contribution in [0.3, 0.4) is 0 Å². The summed E-state index contributed by atoms with van der Waals surface area (Å²) in [5.41, 5.74) is 2.03. The van der Waals surface area contributed by atoms with Crippen molar-refractivity contribution >= 4 is 11.0 Å². The van der Waals surface area contributed by atoms with Crippen molar-refractivity contribution in [3.05, 3.63) is 18.0 Å². The molecule has 0 unspecified atom stereocenters. The lowest BCUT2D eigenvalue weighted by Gasteiger charge is -2.05. The zero-order chi connectivity index (χ0) is 11.2. The molecular weight excluding hydrogens is 216 g/mol. The summed E-state index contributed by atoms with van der Waals surface area (Å²) in [6.45, 7) is 1.44. The third-order valence-electron chi connectivity index (χ3n) is 3.33. The molecule has 1 saturated carbocycles. The van der Waals surface area contributed by atoms with Crippen molar-refractivity contribution in [2.24, 2.45) is 0 Å². The minimum atomic E-state index is 0.643. The van der Waals surface area contributed by atoms with Crippen molar-refractivity contribution in [1.82, 2.24) is 9.97 Å². The van der Waals surface area contributed by atoms with Gasteiger partial charge >= 0.3 is 0 Å². The Bertz CT molecular complexity index is 529. The Morgan fingerprint density at radius 3 is 2.65 bits per heavy atom. The molecule has 0 saturated heterocycles. The van der Waals surface area contributed by atoms with Crippen molar-refractivity contribution in [1.29, 1.82) is 0 Å². The van der Waals surface area contributed by atoms with Gasteiger partial charge in [0.1, 0.15) is 5.82 Å². The van der Waals surface area contributed by atoms with E-state index >= 15 is 0 Å². The standard InChI is InChI=1S/C13H14N2O2/c1-4-16-11-6-9-10(7-12(11)17-5-1)15-13(14-9)8-2-3-8/h6-8H,1-5H2,(H,14,15). The fourth-order valence-electron chi connectivity index (χ4n) is 2.24. The van der Waals surface area contributed by atoms with Gasteiger partial charge in [0, 0.05) is 24.5 Å².